The van der Waals surface area contributed by atoms with Gasteiger partial charge >= 0.3 is 0 Å². The van der Waals surface area contributed by atoms with E-state index in [-0.39, 0.29) is 0 Å². The molecule has 1 aromatic rings. The monoisotopic (exact) mass is 222 g/mol. The van der Waals surface area contributed by atoms with E-state index in [9.17, 15) is 0 Å². The van der Waals surface area contributed by atoms with Crippen LogP contribution in [-0.2, 0) is 6.54 Å². The number of hydrogen-bond acceptors (Lipinski definition) is 1. The maximum atomic E-state index is 5.12. The maximum Gasteiger partial charge on any atom is 0.166 e. The normalized spacial score (nSPS) is 9.73. The number of rotatable bonds is 4. The Hall–Kier alpha value is -1.09. The Morgan fingerprint density at radius 2 is 1.87 bits per heavy atom. The summed E-state index contributed by atoms with van der Waals surface area (Å²) in [7, 11) is 0. The number of hydrogen-bond donors (Lipinski definition) is 2. The summed E-state index contributed by atoms with van der Waals surface area (Å²) < 4.78 is 0. The van der Waals surface area contributed by atoms with Gasteiger partial charge in [0.15, 0.2) is 5.11 Å². The first-order valence-electron chi connectivity index (χ1n) is 5.29. The van der Waals surface area contributed by atoms with Gasteiger partial charge in [0.1, 0.15) is 0 Å². The Morgan fingerprint density at radius 3 is 2.47 bits per heavy atom. The molecule has 0 radical (unpaired) electrons. The third-order valence-corrected chi connectivity index (χ3v) is 2.40. The van der Waals surface area contributed by atoms with E-state index in [1.165, 1.54) is 11.1 Å². The SMILES string of the molecule is CCCNC(=S)NCc1ccc(C)cc1. The summed E-state index contributed by atoms with van der Waals surface area (Å²) in [5.41, 5.74) is 2.53. The lowest BCUT2D eigenvalue weighted by Crippen LogP contribution is -2.35. The van der Waals surface area contributed by atoms with Gasteiger partial charge in [-0.15, -0.1) is 0 Å². The maximum absolute atomic E-state index is 5.12. The van der Waals surface area contributed by atoms with E-state index in [0.29, 0.717) is 0 Å². The van der Waals surface area contributed by atoms with E-state index in [1.807, 2.05) is 0 Å². The first-order chi connectivity index (χ1) is 7.22. The fourth-order valence-electron chi connectivity index (χ4n) is 1.19. The molecular formula is C12H18N2S. The third kappa shape index (κ3) is 4.79. The Labute approximate surface area is 97.1 Å². The molecule has 82 valence electrons. The standard InChI is InChI=1S/C12H18N2S/c1-3-8-13-12(15)14-9-11-6-4-10(2)5-7-11/h4-7H,3,8-9H2,1-2H3,(H2,13,14,15). The van der Waals surface area contributed by atoms with Crippen molar-refractivity contribution in [2.75, 3.05) is 6.54 Å². The summed E-state index contributed by atoms with van der Waals surface area (Å²) in [5.74, 6) is 0. The minimum absolute atomic E-state index is 0.734. The molecule has 0 amide bonds. The van der Waals surface area contributed by atoms with Gasteiger partial charge in [-0.3, -0.25) is 0 Å². The van der Waals surface area contributed by atoms with Crippen LogP contribution in [-0.4, -0.2) is 11.7 Å². The largest absolute Gasteiger partial charge is 0.363 e. The van der Waals surface area contributed by atoms with Gasteiger partial charge in [-0.2, -0.15) is 0 Å². The second kappa shape index (κ2) is 6.40. The van der Waals surface area contributed by atoms with Crippen molar-refractivity contribution in [1.82, 2.24) is 10.6 Å². The molecule has 0 aliphatic heterocycles. The number of thiocarbonyl (C=S) groups is 1. The van der Waals surface area contributed by atoms with Gasteiger partial charge in [-0.05, 0) is 31.1 Å². The van der Waals surface area contributed by atoms with Crippen molar-refractivity contribution in [3.05, 3.63) is 35.4 Å². The third-order valence-electron chi connectivity index (χ3n) is 2.11. The molecule has 2 N–H and O–H groups in total. The smallest absolute Gasteiger partial charge is 0.166 e. The molecule has 3 heteroatoms. The molecule has 0 spiro atoms. The van der Waals surface area contributed by atoms with Gasteiger partial charge in [0, 0.05) is 13.1 Å². The van der Waals surface area contributed by atoms with Crippen LogP contribution in [0.15, 0.2) is 24.3 Å². The second-order valence-corrected chi connectivity index (χ2v) is 4.00. The molecule has 0 aliphatic carbocycles. The zero-order chi connectivity index (χ0) is 11.1. The van der Waals surface area contributed by atoms with Crippen molar-refractivity contribution in [3.63, 3.8) is 0 Å². The fraction of sp³-hybridized carbons (Fsp3) is 0.417. The lowest BCUT2D eigenvalue weighted by Gasteiger charge is -2.09. The van der Waals surface area contributed by atoms with Crippen LogP contribution in [0.5, 0.6) is 0 Å². The molecule has 15 heavy (non-hydrogen) atoms. The Kier molecular flexibility index (Phi) is 5.12. The van der Waals surface area contributed by atoms with Crippen molar-refractivity contribution in [3.8, 4) is 0 Å². The van der Waals surface area contributed by atoms with Crippen molar-refractivity contribution in [2.24, 2.45) is 0 Å². The van der Waals surface area contributed by atoms with Crippen LogP contribution in [0.4, 0.5) is 0 Å². The molecule has 0 aromatic heterocycles. The van der Waals surface area contributed by atoms with Crippen LogP contribution in [0, 0.1) is 6.92 Å². The minimum atomic E-state index is 0.734. The molecule has 0 saturated carbocycles. The van der Waals surface area contributed by atoms with Crippen molar-refractivity contribution in [1.29, 1.82) is 0 Å². The molecule has 0 fully saturated rings. The van der Waals surface area contributed by atoms with E-state index < -0.39 is 0 Å². The van der Waals surface area contributed by atoms with Crippen LogP contribution >= 0.6 is 12.2 Å². The summed E-state index contributed by atoms with van der Waals surface area (Å²) >= 11 is 5.12. The van der Waals surface area contributed by atoms with E-state index in [2.05, 4.69) is 48.7 Å². The van der Waals surface area contributed by atoms with Gasteiger partial charge in [-0.25, -0.2) is 0 Å². The summed E-state index contributed by atoms with van der Waals surface area (Å²) in [6, 6.07) is 8.45. The van der Waals surface area contributed by atoms with E-state index in [0.717, 1.165) is 24.6 Å². The summed E-state index contributed by atoms with van der Waals surface area (Å²) in [6.45, 7) is 5.93. The van der Waals surface area contributed by atoms with Crippen LogP contribution in [0.25, 0.3) is 0 Å². The first-order valence-corrected chi connectivity index (χ1v) is 5.70. The quantitative estimate of drug-likeness (QED) is 0.765. The van der Waals surface area contributed by atoms with Gasteiger partial charge in [0.05, 0.1) is 0 Å². The highest BCUT2D eigenvalue weighted by Gasteiger charge is 1.95. The second-order valence-electron chi connectivity index (χ2n) is 3.60. The van der Waals surface area contributed by atoms with E-state index in [1.54, 1.807) is 0 Å². The van der Waals surface area contributed by atoms with Crippen molar-refractivity contribution >= 4 is 17.3 Å². The zero-order valence-electron chi connectivity index (χ0n) is 9.34. The first kappa shape index (κ1) is 12.0. The van der Waals surface area contributed by atoms with Gasteiger partial charge in [0.2, 0.25) is 0 Å². The lowest BCUT2D eigenvalue weighted by molar-refractivity contribution is 0.799. The Balaban J connectivity index is 2.30. The molecule has 0 heterocycles. The predicted molar refractivity (Wildman–Crippen MR) is 68.9 cm³/mol. The number of nitrogens with one attached hydrogen (secondary N) is 2. The van der Waals surface area contributed by atoms with Gasteiger partial charge < -0.3 is 10.6 Å². The van der Waals surface area contributed by atoms with Gasteiger partial charge in [-0.1, -0.05) is 36.8 Å². The topological polar surface area (TPSA) is 24.1 Å². The molecule has 0 saturated heterocycles. The molecule has 1 rings (SSSR count). The molecule has 1 aromatic carbocycles. The lowest BCUT2D eigenvalue weighted by atomic mass is 10.1. The molecule has 0 atom stereocenters. The zero-order valence-corrected chi connectivity index (χ0v) is 10.2. The summed E-state index contributed by atoms with van der Waals surface area (Å²) in [6.07, 6.45) is 1.09. The van der Waals surface area contributed by atoms with Gasteiger partial charge in [0.25, 0.3) is 0 Å². The summed E-state index contributed by atoms with van der Waals surface area (Å²) in [5, 5.41) is 7.04. The van der Waals surface area contributed by atoms with Crippen LogP contribution in [0.2, 0.25) is 0 Å². The molecule has 0 bridgehead atoms. The highest BCUT2D eigenvalue weighted by atomic mass is 32.1. The van der Waals surface area contributed by atoms with Crippen LogP contribution < -0.4 is 10.6 Å². The number of benzene rings is 1. The predicted octanol–water partition coefficient (Wildman–Crippen LogP) is 2.37. The molecule has 0 unspecified atom stereocenters. The highest BCUT2D eigenvalue weighted by Crippen LogP contribution is 2.02. The Bertz CT molecular complexity index is 306. The van der Waals surface area contributed by atoms with E-state index in [4.69, 9.17) is 12.2 Å². The number of aryl methyl sites for hydroxylation is 1. The highest BCUT2D eigenvalue weighted by molar-refractivity contribution is 7.80. The van der Waals surface area contributed by atoms with Crippen LogP contribution in [0.1, 0.15) is 24.5 Å². The van der Waals surface area contributed by atoms with Crippen molar-refractivity contribution in [2.45, 2.75) is 26.8 Å². The Morgan fingerprint density at radius 1 is 1.20 bits per heavy atom. The van der Waals surface area contributed by atoms with Crippen molar-refractivity contribution < 1.29 is 0 Å². The van der Waals surface area contributed by atoms with Crippen LogP contribution in [0.3, 0.4) is 0 Å². The molecule has 0 aliphatic rings. The average Bonchev–Trinajstić information content (AvgIpc) is 2.25. The minimum Gasteiger partial charge on any atom is -0.363 e. The fourth-order valence-corrected chi connectivity index (χ4v) is 1.36. The average molecular weight is 222 g/mol. The van der Waals surface area contributed by atoms with E-state index >= 15 is 0 Å². The molecule has 2 nitrogen and oxygen atoms in total. The molecular weight excluding hydrogens is 204 g/mol. The summed E-state index contributed by atoms with van der Waals surface area (Å²) in [4.78, 5) is 0.